The topological polar surface area (TPSA) is 57.3 Å². The third kappa shape index (κ3) is 3.39. The van der Waals surface area contributed by atoms with Gasteiger partial charge in [-0.25, -0.2) is 9.78 Å². The van der Waals surface area contributed by atoms with Gasteiger partial charge in [0.15, 0.2) is 0 Å². The number of carbonyl (C=O) groups excluding carboxylic acids is 1. The first-order valence-electron chi connectivity index (χ1n) is 9.41. The van der Waals surface area contributed by atoms with Crippen molar-refractivity contribution in [1.29, 1.82) is 0 Å². The van der Waals surface area contributed by atoms with Gasteiger partial charge in [-0.3, -0.25) is 0 Å². The van der Waals surface area contributed by atoms with Gasteiger partial charge in [0.1, 0.15) is 5.82 Å². The number of benzene rings is 1. The fraction of sp³-hybridized carbons (Fsp3) is 0.429. The molecule has 0 bridgehead atoms. The Morgan fingerprint density at radius 1 is 1.08 bits per heavy atom. The lowest BCUT2D eigenvalue weighted by Crippen LogP contribution is -2.48. The van der Waals surface area contributed by atoms with Crippen molar-refractivity contribution in [3.8, 4) is 0 Å². The lowest BCUT2D eigenvalue weighted by Gasteiger charge is -2.26. The summed E-state index contributed by atoms with van der Waals surface area (Å²) in [7, 11) is 0. The number of nitrogens with one attached hydrogen (secondary N) is 2. The Morgan fingerprint density at radius 3 is 2.35 bits per heavy atom. The number of nitrogens with zero attached hydrogens (tertiary/aromatic N) is 2. The van der Waals surface area contributed by atoms with Crippen LogP contribution in [-0.4, -0.2) is 29.6 Å². The van der Waals surface area contributed by atoms with Crippen LogP contribution in [0.3, 0.4) is 0 Å². The van der Waals surface area contributed by atoms with Crippen LogP contribution in [0.25, 0.3) is 0 Å². The first-order chi connectivity index (χ1) is 12.5. The van der Waals surface area contributed by atoms with E-state index in [-0.39, 0.29) is 11.6 Å². The molecule has 26 heavy (non-hydrogen) atoms. The van der Waals surface area contributed by atoms with Crippen molar-refractivity contribution in [2.45, 2.75) is 45.1 Å². The smallest absolute Gasteiger partial charge is 0.319 e. The highest BCUT2D eigenvalue weighted by Gasteiger charge is 2.34. The number of anilines is 2. The second kappa shape index (κ2) is 6.63. The number of carbonyl (C=O) groups is 1. The van der Waals surface area contributed by atoms with E-state index < -0.39 is 0 Å². The van der Waals surface area contributed by atoms with Crippen molar-refractivity contribution in [3.63, 3.8) is 0 Å². The minimum Gasteiger partial charge on any atom is -0.357 e. The van der Waals surface area contributed by atoms with Gasteiger partial charge in [0.25, 0.3) is 0 Å². The third-order valence-corrected chi connectivity index (χ3v) is 5.44. The number of fused-ring (bicyclic) bond motifs is 1. The minimum absolute atomic E-state index is 0.167. The lowest BCUT2D eigenvalue weighted by molar-refractivity contribution is 0.240. The zero-order valence-corrected chi connectivity index (χ0v) is 15.5. The number of amides is 2. The van der Waals surface area contributed by atoms with Gasteiger partial charge in [-0.2, -0.15) is 0 Å². The molecule has 1 aliphatic carbocycles. The summed E-state index contributed by atoms with van der Waals surface area (Å²) in [6.07, 6.45) is 4.18. The summed E-state index contributed by atoms with van der Waals surface area (Å²) >= 11 is 0. The van der Waals surface area contributed by atoms with E-state index in [9.17, 15) is 4.79 Å². The van der Waals surface area contributed by atoms with Crippen LogP contribution in [0.4, 0.5) is 16.3 Å². The highest BCUT2D eigenvalue weighted by atomic mass is 16.2. The summed E-state index contributed by atoms with van der Waals surface area (Å²) in [5.41, 5.74) is 4.02. The van der Waals surface area contributed by atoms with Crippen molar-refractivity contribution in [2.24, 2.45) is 0 Å². The second-order valence-corrected chi connectivity index (χ2v) is 7.76. The summed E-state index contributed by atoms with van der Waals surface area (Å²) in [6.45, 7) is 6.19. The molecule has 1 aromatic carbocycles. The molecule has 2 heterocycles. The first-order valence-corrected chi connectivity index (χ1v) is 9.41. The molecule has 2 aromatic rings. The van der Waals surface area contributed by atoms with Crippen molar-refractivity contribution >= 4 is 17.5 Å². The normalized spacial score (nSPS) is 17.8. The Balaban J connectivity index is 1.41. The molecule has 0 saturated carbocycles. The largest absolute Gasteiger partial charge is 0.357 e. The van der Waals surface area contributed by atoms with Gasteiger partial charge in [-0.1, -0.05) is 24.3 Å². The molecule has 2 amide bonds. The molecule has 0 unspecified atom stereocenters. The molecule has 5 heteroatoms. The van der Waals surface area contributed by atoms with Gasteiger partial charge in [0.05, 0.1) is 11.4 Å². The second-order valence-electron chi connectivity index (χ2n) is 7.76. The zero-order valence-electron chi connectivity index (χ0n) is 15.5. The van der Waals surface area contributed by atoms with Crippen molar-refractivity contribution in [2.75, 3.05) is 23.3 Å². The van der Waals surface area contributed by atoms with Crippen LogP contribution in [0, 0.1) is 6.92 Å². The number of pyridine rings is 1. The number of rotatable bonds is 3. The van der Waals surface area contributed by atoms with Crippen LogP contribution in [0.2, 0.25) is 0 Å². The van der Waals surface area contributed by atoms with E-state index in [4.69, 9.17) is 0 Å². The van der Waals surface area contributed by atoms with Crippen LogP contribution < -0.4 is 15.5 Å². The predicted octanol–water partition coefficient (Wildman–Crippen LogP) is 3.67. The Kier molecular flexibility index (Phi) is 4.31. The summed E-state index contributed by atoms with van der Waals surface area (Å²) < 4.78 is 0. The standard InChI is InChI=1S/C21H26N4O/c1-15-18(9-10-19(22-15)25-11-5-6-12-25)23-20(26)24-21(2)13-16-7-3-4-8-17(16)14-21/h3-4,7-10H,5-6,11-14H2,1-2H3,(H2,23,24,26). The number of urea groups is 1. The Bertz CT molecular complexity index is 802. The van der Waals surface area contributed by atoms with E-state index in [1.165, 1.54) is 24.0 Å². The summed E-state index contributed by atoms with van der Waals surface area (Å²) in [5, 5.41) is 6.14. The minimum atomic E-state index is -0.245. The Labute approximate surface area is 154 Å². The van der Waals surface area contributed by atoms with E-state index in [1.54, 1.807) is 0 Å². The molecule has 0 radical (unpaired) electrons. The monoisotopic (exact) mass is 350 g/mol. The highest BCUT2D eigenvalue weighted by molar-refractivity contribution is 5.90. The summed E-state index contributed by atoms with van der Waals surface area (Å²) in [4.78, 5) is 19.5. The number of aromatic nitrogens is 1. The van der Waals surface area contributed by atoms with Crippen molar-refractivity contribution < 1.29 is 4.79 Å². The predicted molar refractivity (Wildman–Crippen MR) is 105 cm³/mol. The van der Waals surface area contributed by atoms with Crippen LogP contribution in [0.5, 0.6) is 0 Å². The maximum absolute atomic E-state index is 12.6. The van der Waals surface area contributed by atoms with Crippen LogP contribution in [-0.2, 0) is 12.8 Å². The van der Waals surface area contributed by atoms with Crippen molar-refractivity contribution in [1.82, 2.24) is 10.3 Å². The highest BCUT2D eigenvalue weighted by Crippen LogP contribution is 2.30. The Morgan fingerprint density at radius 2 is 1.73 bits per heavy atom. The van der Waals surface area contributed by atoms with Crippen LogP contribution in [0.15, 0.2) is 36.4 Å². The van der Waals surface area contributed by atoms with Crippen molar-refractivity contribution in [3.05, 3.63) is 53.2 Å². The molecule has 4 rings (SSSR count). The van der Waals surface area contributed by atoms with E-state index in [0.717, 1.165) is 43.1 Å². The molecule has 136 valence electrons. The number of hydrogen-bond acceptors (Lipinski definition) is 3. The first kappa shape index (κ1) is 16.9. The maximum Gasteiger partial charge on any atom is 0.319 e. The molecular weight excluding hydrogens is 324 g/mol. The molecule has 1 fully saturated rings. The van der Waals surface area contributed by atoms with E-state index in [2.05, 4.69) is 51.7 Å². The van der Waals surface area contributed by atoms with Crippen LogP contribution >= 0.6 is 0 Å². The average Bonchev–Trinajstić information content (AvgIpc) is 3.23. The molecule has 1 aliphatic heterocycles. The fourth-order valence-electron chi connectivity index (χ4n) is 4.12. The van der Waals surface area contributed by atoms with Gasteiger partial charge in [0.2, 0.25) is 0 Å². The molecular formula is C21H26N4O. The zero-order chi connectivity index (χ0) is 18.1. The SMILES string of the molecule is Cc1nc(N2CCCC2)ccc1NC(=O)NC1(C)Cc2ccccc2C1. The van der Waals surface area contributed by atoms with Gasteiger partial charge >= 0.3 is 6.03 Å². The molecule has 2 N–H and O–H groups in total. The van der Waals surface area contributed by atoms with E-state index >= 15 is 0 Å². The summed E-state index contributed by atoms with van der Waals surface area (Å²) in [5.74, 6) is 1.00. The molecule has 5 nitrogen and oxygen atoms in total. The summed E-state index contributed by atoms with van der Waals surface area (Å²) in [6, 6.07) is 12.2. The lowest BCUT2D eigenvalue weighted by atomic mass is 9.99. The van der Waals surface area contributed by atoms with Gasteiger partial charge in [-0.15, -0.1) is 0 Å². The third-order valence-electron chi connectivity index (χ3n) is 5.44. The molecule has 1 saturated heterocycles. The van der Waals surface area contributed by atoms with Crippen LogP contribution in [0.1, 0.15) is 36.6 Å². The van der Waals surface area contributed by atoms with Gasteiger partial charge < -0.3 is 15.5 Å². The van der Waals surface area contributed by atoms with Gasteiger partial charge in [0, 0.05) is 18.6 Å². The molecule has 1 aromatic heterocycles. The van der Waals surface area contributed by atoms with Gasteiger partial charge in [-0.05, 0) is 62.8 Å². The van der Waals surface area contributed by atoms with E-state index in [1.807, 2.05) is 19.1 Å². The Hall–Kier alpha value is -2.56. The quantitative estimate of drug-likeness (QED) is 0.888. The number of aryl methyl sites for hydroxylation is 1. The maximum atomic E-state index is 12.6. The van der Waals surface area contributed by atoms with E-state index in [0.29, 0.717) is 0 Å². The molecule has 2 aliphatic rings. The fourth-order valence-corrected chi connectivity index (χ4v) is 4.12. The molecule has 0 spiro atoms. The average molecular weight is 350 g/mol. The number of hydrogen-bond donors (Lipinski definition) is 2. The molecule has 0 atom stereocenters.